The van der Waals surface area contributed by atoms with Crippen LogP contribution in [0.2, 0.25) is 0 Å². The van der Waals surface area contributed by atoms with Gasteiger partial charge in [0.05, 0.1) is 12.6 Å². The lowest BCUT2D eigenvalue weighted by Gasteiger charge is -2.46. The lowest BCUT2D eigenvalue weighted by atomic mass is 9.74. The van der Waals surface area contributed by atoms with Crippen LogP contribution < -0.4 is 15.0 Å². The second kappa shape index (κ2) is 11.8. The van der Waals surface area contributed by atoms with E-state index in [1.165, 1.54) is 12.1 Å². The minimum Gasteiger partial charge on any atom is -0.489 e. The second-order valence-corrected chi connectivity index (χ2v) is 12.0. The van der Waals surface area contributed by atoms with Gasteiger partial charge in [-0.15, -0.1) is 0 Å². The predicted molar refractivity (Wildman–Crippen MR) is 153 cm³/mol. The lowest BCUT2D eigenvalue weighted by molar-refractivity contribution is -0.150. The molecule has 0 aromatic heterocycles. The van der Waals surface area contributed by atoms with Crippen molar-refractivity contribution in [3.8, 4) is 5.75 Å². The number of rotatable bonds is 6. The Morgan fingerprint density at radius 2 is 1.69 bits per heavy atom. The third kappa shape index (κ3) is 6.27. The normalized spacial score (nSPS) is 23.2. The number of anilines is 1. The van der Waals surface area contributed by atoms with Gasteiger partial charge in [-0.2, -0.15) is 13.2 Å². The van der Waals surface area contributed by atoms with Crippen LogP contribution in [0, 0.1) is 17.0 Å². The van der Waals surface area contributed by atoms with Crippen LogP contribution in [0.25, 0.3) is 0 Å². The van der Waals surface area contributed by atoms with E-state index in [-0.39, 0.29) is 17.5 Å². The van der Waals surface area contributed by atoms with Crippen molar-refractivity contribution < 1.29 is 26.7 Å². The van der Waals surface area contributed by atoms with Gasteiger partial charge in [-0.1, -0.05) is 36.4 Å². The Morgan fingerprint density at radius 3 is 2.40 bits per heavy atom. The van der Waals surface area contributed by atoms with Gasteiger partial charge in [-0.3, -0.25) is 4.90 Å². The van der Waals surface area contributed by atoms with E-state index in [4.69, 9.17) is 4.74 Å². The number of alkyl halides is 3. The van der Waals surface area contributed by atoms with Crippen LogP contribution in [0.3, 0.4) is 0 Å². The summed E-state index contributed by atoms with van der Waals surface area (Å²) in [5, 5.41) is 3.46. The molecule has 3 aromatic carbocycles. The van der Waals surface area contributed by atoms with Crippen LogP contribution in [0.5, 0.6) is 5.75 Å². The van der Waals surface area contributed by atoms with Gasteiger partial charge >= 0.3 is 6.18 Å². The molecule has 42 heavy (non-hydrogen) atoms. The molecular formula is C33H36F5N3O. The summed E-state index contributed by atoms with van der Waals surface area (Å²) < 4.78 is 78.8. The van der Waals surface area contributed by atoms with E-state index in [0.717, 1.165) is 54.8 Å². The molecule has 1 spiro atoms. The molecule has 224 valence electrons. The second-order valence-electron chi connectivity index (χ2n) is 12.0. The Labute approximate surface area is 243 Å². The third-order valence-corrected chi connectivity index (χ3v) is 9.00. The number of benzene rings is 3. The summed E-state index contributed by atoms with van der Waals surface area (Å²) in [6, 6.07) is 16.1. The Kier molecular flexibility index (Phi) is 8.16. The highest BCUT2D eigenvalue weighted by Gasteiger charge is 2.41. The summed E-state index contributed by atoms with van der Waals surface area (Å²) in [6.45, 7) is 2.36. The molecule has 3 aromatic rings. The maximum Gasteiger partial charge on any atom is 0.401 e. The molecule has 1 N–H and O–H groups in total. The fourth-order valence-corrected chi connectivity index (χ4v) is 7.05. The molecule has 2 saturated heterocycles. The van der Waals surface area contributed by atoms with Crippen molar-refractivity contribution in [3.63, 3.8) is 0 Å². The number of ether oxygens (including phenoxy) is 1. The fraction of sp³-hybridized carbons (Fsp3) is 0.455. The van der Waals surface area contributed by atoms with Gasteiger partial charge in [0.2, 0.25) is 0 Å². The minimum absolute atomic E-state index is 0.0155. The Bertz CT molecular complexity index is 1360. The van der Waals surface area contributed by atoms with Crippen molar-refractivity contribution >= 4 is 5.69 Å². The minimum atomic E-state index is -4.52. The van der Waals surface area contributed by atoms with E-state index in [2.05, 4.69) is 5.32 Å². The molecule has 6 rings (SSSR count). The maximum absolute atomic E-state index is 16.0. The average Bonchev–Trinajstić information content (AvgIpc) is 2.97. The number of nitrogens with zero attached hydrogens (tertiary/aromatic N) is 2. The smallest absolute Gasteiger partial charge is 0.401 e. The molecule has 2 unspecified atom stereocenters. The van der Waals surface area contributed by atoms with Gasteiger partial charge in [0, 0.05) is 42.8 Å². The molecule has 0 aliphatic carbocycles. The molecule has 0 saturated carbocycles. The molecule has 0 radical (unpaired) electrons. The van der Waals surface area contributed by atoms with Crippen LogP contribution >= 0.6 is 0 Å². The van der Waals surface area contributed by atoms with Crippen LogP contribution in [0.15, 0.2) is 60.7 Å². The standard InChI is InChI=1S/C33H36F5N3O/c34-28-17-25(40-14-5-12-32(21-40)11-4-13-39-20-32)18-29(35)30(28)31-27-9-8-26(42-19-23-6-2-1-3-7-23)16-24(27)10-15-41(31)22-33(36,37)38/h1-3,6-9,16-18,31,39H,4-5,10-15,19-22H2. The SMILES string of the molecule is Fc1cc(N2CCCC3(CCCNC3)C2)cc(F)c1C1c2ccc(OCc3ccccc3)cc2CCN1CC(F)(F)F. The first-order valence-corrected chi connectivity index (χ1v) is 14.7. The third-order valence-electron chi connectivity index (χ3n) is 9.00. The van der Waals surface area contributed by atoms with Crippen LogP contribution in [-0.2, 0) is 13.0 Å². The monoisotopic (exact) mass is 585 g/mol. The van der Waals surface area contributed by atoms with E-state index in [1.807, 2.05) is 35.2 Å². The van der Waals surface area contributed by atoms with Crippen LogP contribution in [0.4, 0.5) is 27.6 Å². The van der Waals surface area contributed by atoms with E-state index >= 15 is 8.78 Å². The number of nitrogens with one attached hydrogen (secondary N) is 1. The first-order valence-electron chi connectivity index (χ1n) is 14.7. The first kappa shape index (κ1) is 28.9. The van der Waals surface area contributed by atoms with Gasteiger partial charge in [0.15, 0.2) is 0 Å². The number of fused-ring (bicyclic) bond motifs is 1. The van der Waals surface area contributed by atoms with E-state index in [1.54, 1.807) is 18.2 Å². The largest absolute Gasteiger partial charge is 0.489 e. The van der Waals surface area contributed by atoms with Gasteiger partial charge in [-0.05, 0) is 79.6 Å². The zero-order valence-electron chi connectivity index (χ0n) is 23.5. The van der Waals surface area contributed by atoms with E-state index in [0.29, 0.717) is 43.1 Å². The maximum atomic E-state index is 16.0. The number of hydrogen-bond donors (Lipinski definition) is 1. The summed E-state index contributed by atoms with van der Waals surface area (Å²) >= 11 is 0. The van der Waals surface area contributed by atoms with Crippen molar-refractivity contribution in [2.45, 2.75) is 50.9 Å². The highest BCUT2D eigenvalue weighted by Crippen LogP contribution is 2.43. The zero-order chi connectivity index (χ0) is 29.3. The molecule has 0 amide bonds. The summed E-state index contributed by atoms with van der Waals surface area (Å²) in [6.07, 6.45) is -0.0573. The molecule has 4 nitrogen and oxygen atoms in total. The molecule has 2 fully saturated rings. The lowest BCUT2D eigenvalue weighted by Crippen LogP contribution is -2.51. The molecule has 3 aliphatic heterocycles. The van der Waals surface area contributed by atoms with Gasteiger partial charge < -0.3 is 15.0 Å². The van der Waals surface area contributed by atoms with Crippen molar-refractivity contribution in [2.24, 2.45) is 5.41 Å². The Balaban J connectivity index is 1.31. The van der Waals surface area contributed by atoms with Gasteiger partial charge in [0.1, 0.15) is 24.0 Å². The molecule has 2 atom stereocenters. The molecule has 3 heterocycles. The number of hydrogen-bond acceptors (Lipinski definition) is 4. The van der Waals surface area contributed by atoms with Crippen LogP contribution in [-0.4, -0.2) is 50.3 Å². The van der Waals surface area contributed by atoms with Gasteiger partial charge in [-0.25, -0.2) is 8.78 Å². The van der Waals surface area contributed by atoms with Crippen molar-refractivity contribution in [3.05, 3.63) is 94.6 Å². The summed E-state index contributed by atoms with van der Waals surface area (Å²) in [5.74, 6) is -1.07. The average molecular weight is 586 g/mol. The number of piperidine rings is 2. The van der Waals surface area contributed by atoms with Crippen molar-refractivity contribution in [2.75, 3.05) is 44.2 Å². The van der Waals surface area contributed by atoms with Crippen molar-refractivity contribution in [1.82, 2.24) is 10.2 Å². The zero-order valence-corrected chi connectivity index (χ0v) is 23.5. The van der Waals surface area contributed by atoms with Crippen LogP contribution in [0.1, 0.15) is 54.0 Å². The van der Waals surface area contributed by atoms with E-state index < -0.39 is 30.4 Å². The first-order chi connectivity index (χ1) is 20.2. The summed E-state index contributed by atoms with van der Waals surface area (Å²) in [4.78, 5) is 3.17. The summed E-state index contributed by atoms with van der Waals surface area (Å²) in [5.41, 5.74) is 2.36. The highest BCUT2D eigenvalue weighted by atomic mass is 19.4. The fourth-order valence-electron chi connectivity index (χ4n) is 7.05. The Hall–Kier alpha value is -3.17. The highest BCUT2D eigenvalue weighted by molar-refractivity contribution is 5.53. The predicted octanol–water partition coefficient (Wildman–Crippen LogP) is 7.02. The van der Waals surface area contributed by atoms with E-state index in [9.17, 15) is 13.2 Å². The molecule has 3 aliphatic rings. The topological polar surface area (TPSA) is 27.7 Å². The molecular weight excluding hydrogens is 549 g/mol. The molecule has 9 heteroatoms. The number of halogens is 5. The van der Waals surface area contributed by atoms with Gasteiger partial charge in [0.25, 0.3) is 0 Å². The summed E-state index contributed by atoms with van der Waals surface area (Å²) in [7, 11) is 0. The van der Waals surface area contributed by atoms with Crippen molar-refractivity contribution in [1.29, 1.82) is 0 Å². The molecule has 0 bridgehead atoms. The Morgan fingerprint density at radius 1 is 0.929 bits per heavy atom. The quantitative estimate of drug-likeness (QED) is 0.315.